The first-order chi connectivity index (χ1) is 9.13. The molecule has 1 fully saturated rings. The van der Waals surface area contributed by atoms with Crippen LogP contribution in [0, 0.1) is 5.92 Å². The highest BCUT2D eigenvalue weighted by molar-refractivity contribution is 5.95. The van der Waals surface area contributed by atoms with Crippen LogP contribution in [0.5, 0.6) is 0 Å². The molecule has 1 aliphatic rings. The maximum absolute atomic E-state index is 12.2. The highest BCUT2D eigenvalue weighted by atomic mass is 16.1. The summed E-state index contributed by atoms with van der Waals surface area (Å²) in [6, 6.07) is 3.78. The van der Waals surface area contributed by atoms with Gasteiger partial charge in [-0.2, -0.15) is 0 Å². The van der Waals surface area contributed by atoms with Crippen molar-refractivity contribution in [3.05, 3.63) is 23.4 Å². The van der Waals surface area contributed by atoms with E-state index in [9.17, 15) is 4.79 Å². The van der Waals surface area contributed by atoms with Gasteiger partial charge < -0.3 is 10.7 Å². The maximum Gasteiger partial charge on any atom is 0.251 e. The number of anilines is 1. The summed E-state index contributed by atoms with van der Waals surface area (Å²) in [5.74, 6) is 6.54. The molecule has 1 aromatic heterocycles. The Balaban J connectivity index is 2.12. The van der Waals surface area contributed by atoms with Gasteiger partial charge in [0.15, 0.2) is 0 Å². The fraction of sp³-hybridized carbons (Fsp3) is 0.571. The Labute approximate surface area is 114 Å². The van der Waals surface area contributed by atoms with E-state index in [0.29, 0.717) is 17.3 Å². The van der Waals surface area contributed by atoms with Crippen LogP contribution in [0.2, 0.25) is 0 Å². The molecule has 5 nitrogen and oxygen atoms in total. The third-order valence-electron chi connectivity index (χ3n) is 3.48. The van der Waals surface area contributed by atoms with Crippen molar-refractivity contribution in [1.29, 1.82) is 0 Å². The van der Waals surface area contributed by atoms with Gasteiger partial charge in [0.25, 0.3) is 5.91 Å². The smallest absolute Gasteiger partial charge is 0.251 e. The second-order valence-corrected chi connectivity index (χ2v) is 5.23. The van der Waals surface area contributed by atoms with Gasteiger partial charge in [-0.05, 0) is 44.2 Å². The number of hydrogen-bond acceptors (Lipinski definition) is 4. The molecule has 0 spiro atoms. The van der Waals surface area contributed by atoms with Crippen LogP contribution in [0.1, 0.15) is 49.2 Å². The number of nitrogens with zero attached hydrogens (tertiary/aromatic N) is 1. The van der Waals surface area contributed by atoms with Gasteiger partial charge in [0.05, 0.1) is 0 Å². The molecule has 1 amide bonds. The number of hydrogen-bond donors (Lipinski definition) is 3. The lowest BCUT2D eigenvalue weighted by atomic mass is 10.1. The SMILES string of the molecule is CCCc1cc(C(=O)NC(C)C2CC2)cc(NN)n1. The first kappa shape index (κ1) is 13.8. The molecule has 0 bridgehead atoms. The van der Waals surface area contributed by atoms with Gasteiger partial charge in [0, 0.05) is 17.3 Å². The first-order valence-electron chi connectivity index (χ1n) is 6.92. The van der Waals surface area contributed by atoms with E-state index < -0.39 is 0 Å². The minimum Gasteiger partial charge on any atom is -0.349 e. The summed E-state index contributed by atoms with van der Waals surface area (Å²) >= 11 is 0. The topological polar surface area (TPSA) is 80.0 Å². The average molecular weight is 262 g/mol. The molecule has 1 aromatic rings. The monoisotopic (exact) mass is 262 g/mol. The average Bonchev–Trinajstić information content (AvgIpc) is 3.22. The first-order valence-corrected chi connectivity index (χ1v) is 6.92. The zero-order chi connectivity index (χ0) is 13.8. The number of nitrogens with one attached hydrogen (secondary N) is 2. The molecule has 0 saturated heterocycles. The van der Waals surface area contributed by atoms with Crippen molar-refractivity contribution < 1.29 is 4.79 Å². The quantitative estimate of drug-likeness (QED) is 0.540. The summed E-state index contributed by atoms with van der Waals surface area (Å²) in [7, 11) is 0. The molecule has 1 unspecified atom stereocenters. The van der Waals surface area contributed by atoms with Crippen molar-refractivity contribution in [3.63, 3.8) is 0 Å². The van der Waals surface area contributed by atoms with Gasteiger partial charge in [0.1, 0.15) is 5.82 Å². The van der Waals surface area contributed by atoms with Gasteiger partial charge in [-0.15, -0.1) is 0 Å². The molecule has 0 aromatic carbocycles. The summed E-state index contributed by atoms with van der Waals surface area (Å²) in [6.45, 7) is 4.14. The lowest BCUT2D eigenvalue weighted by molar-refractivity contribution is 0.0935. The van der Waals surface area contributed by atoms with E-state index in [0.717, 1.165) is 18.5 Å². The van der Waals surface area contributed by atoms with Crippen molar-refractivity contribution in [1.82, 2.24) is 10.3 Å². The van der Waals surface area contributed by atoms with Crippen molar-refractivity contribution in [2.45, 2.75) is 45.6 Å². The third-order valence-corrected chi connectivity index (χ3v) is 3.48. The molecule has 1 aliphatic carbocycles. The van der Waals surface area contributed by atoms with Crippen molar-refractivity contribution >= 4 is 11.7 Å². The third kappa shape index (κ3) is 3.67. The van der Waals surface area contributed by atoms with Gasteiger partial charge in [-0.3, -0.25) is 4.79 Å². The number of carbonyl (C=O) groups excluding carboxylic acids is 1. The Morgan fingerprint density at radius 2 is 2.26 bits per heavy atom. The minimum atomic E-state index is -0.0457. The fourth-order valence-corrected chi connectivity index (χ4v) is 2.18. The zero-order valence-electron chi connectivity index (χ0n) is 11.6. The maximum atomic E-state index is 12.2. The summed E-state index contributed by atoms with van der Waals surface area (Å²) in [5, 5.41) is 3.04. The number of rotatable bonds is 6. The molecule has 19 heavy (non-hydrogen) atoms. The number of nitrogens with two attached hydrogens (primary N) is 1. The largest absolute Gasteiger partial charge is 0.349 e. The molecule has 5 heteroatoms. The second kappa shape index (κ2) is 6.02. The van der Waals surface area contributed by atoms with E-state index in [-0.39, 0.29) is 11.9 Å². The van der Waals surface area contributed by atoms with E-state index in [4.69, 9.17) is 5.84 Å². The fourth-order valence-electron chi connectivity index (χ4n) is 2.18. The predicted octanol–water partition coefficient (Wildman–Crippen LogP) is 1.85. The summed E-state index contributed by atoms with van der Waals surface area (Å²) in [4.78, 5) is 16.5. The summed E-state index contributed by atoms with van der Waals surface area (Å²) < 4.78 is 0. The van der Waals surface area contributed by atoms with E-state index in [1.165, 1.54) is 12.8 Å². The molecule has 1 atom stereocenters. The van der Waals surface area contributed by atoms with E-state index in [1.807, 2.05) is 6.07 Å². The number of aryl methyl sites for hydroxylation is 1. The molecule has 0 aliphatic heterocycles. The lowest BCUT2D eigenvalue weighted by Gasteiger charge is -2.14. The van der Waals surface area contributed by atoms with Crippen LogP contribution in [0.15, 0.2) is 12.1 Å². The van der Waals surface area contributed by atoms with Gasteiger partial charge in [0.2, 0.25) is 0 Å². The number of aromatic nitrogens is 1. The van der Waals surface area contributed by atoms with Crippen LogP contribution in [0.3, 0.4) is 0 Å². The van der Waals surface area contributed by atoms with Crippen molar-refractivity contribution in [2.75, 3.05) is 5.43 Å². The van der Waals surface area contributed by atoms with Gasteiger partial charge in [-0.25, -0.2) is 10.8 Å². The molecular formula is C14H22N4O. The molecule has 4 N–H and O–H groups in total. The highest BCUT2D eigenvalue weighted by Gasteiger charge is 2.29. The molecule has 0 radical (unpaired) electrons. The Bertz CT molecular complexity index is 457. The Morgan fingerprint density at radius 1 is 1.53 bits per heavy atom. The van der Waals surface area contributed by atoms with E-state index in [1.54, 1.807) is 6.07 Å². The number of nitrogen functional groups attached to an aromatic ring is 1. The van der Waals surface area contributed by atoms with Crippen LogP contribution in [0.4, 0.5) is 5.82 Å². The molecule has 2 rings (SSSR count). The van der Waals surface area contributed by atoms with Crippen LogP contribution < -0.4 is 16.6 Å². The van der Waals surface area contributed by atoms with Crippen molar-refractivity contribution in [3.8, 4) is 0 Å². The lowest BCUT2D eigenvalue weighted by Crippen LogP contribution is -2.34. The normalized spacial score (nSPS) is 15.9. The number of hydrazine groups is 1. The number of carbonyl (C=O) groups is 1. The zero-order valence-corrected chi connectivity index (χ0v) is 11.6. The molecular weight excluding hydrogens is 240 g/mol. The number of pyridine rings is 1. The minimum absolute atomic E-state index is 0.0457. The number of amides is 1. The predicted molar refractivity (Wildman–Crippen MR) is 75.7 cm³/mol. The van der Waals surface area contributed by atoms with E-state index >= 15 is 0 Å². The van der Waals surface area contributed by atoms with Crippen LogP contribution in [0.25, 0.3) is 0 Å². The molecule has 104 valence electrons. The Hall–Kier alpha value is -1.62. The summed E-state index contributed by atoms with van der Waals surface area (Å²) in [6.07, 6.45) is 4.26. The van der Waals surface area contributed by atoms with Crippen LogP contribution in [-0.2, 0) is 6.42 Å². The standard InChI is InChI=1S/C14H22N4O/c1-3-4-12-7-11(8-13(17-12)18-15)14(19)16-9(2)10-5-6-10/h7-10H,3-6,15H2,1-2H3,(H,16,19)(H,17,18). The van der Waals surface area contributed by atoms with Crippen LogP contribution >= 0.6 is 0 Å². The van der Waals surface area contributed by atoms with Crippen molar-refractivity contribution in [2.24, 2.45) is 11.8 Å². The molecule has 1 saturated carbocycles. The van der Waals surface area contributed by atoms with Gasteiger partial charge in [-0.1, -0.05) is 13.3 Å². The van der Waals surface area contributed by atoms with Crippen LogP contribution in [-0.4, -0.2) is 16.9 Å². The molecule has 1 heterocycles. The Morgan fingerprint density at radius 3 is 2.84 bits per heavy atom. The summed E-state index contributed by atoms with van der Waals surface area (Å²) in [5.41, 5.74) is 4.03. The van der Waals surface area contributed by atoms with E-state index in [2.05, 4.69) is 29.6 Å². The highest BCUT2D eigenvalue weighted by Crippen LogP contribution is 2.32. The second-order valence-electron chi connectivity index (χ2n) is 5.23. The Kier molecular flexibility index (Phi) is 4.37. The van der Waals surface area contributed by atoms with Gasteiger partial charge >= 0.3 is 0 Å².